The maximum Gasteiger partial charge on any atom is 0.337 e. The van der Waals surface area contributed by atoms with Crippen molar-refractivity contribution in [2.75, 3.05) is 5.32 Å². The van der Waals surface area contributed by atoms with E-state index in [1.807, 2.05) is 48.5 Å². The third-order valence-electron chi connectivity index (χ3n) is 4.63. The predicted molar refractivity (Wildman–Crippen MR) is 111 cm³/mol. The first kappa shape index (κ1) is 17.5. The minimum Gasteiger partial charge on any atom is -0.478 e. The average molecular weight is 367 g/mol. The van der Waals surface area contributed by atoms with E-state index in [2.05, 4.69) is 5.32 Å². The lowest BCUT2D eigenvalue weighted by Gasteiger charge is -2.16. The van der Waals surface area contributed by atoms with E-state index in [1.165, 1.54) is 6.07 Å². The molecule has 136 valence electrons. The average Bonchev–Trinajstić information content (AvgIpc) is 2.74. The number of anilines is 2. The molecule has 0 fully saturated rings. The molecule has 0 aromatic heterocycles. The van der Waals surface area contributed by atoms with Gasteiger partial charge < -0.3 is 10.4 Å². The molecule has 0 aliphatic rings. The number of nitrogens with one attached hydrogen (secondary N) is 1. The van der Waals surface area contributed by atoms with Crippen molar-refractivity contribution in [3.8, 4) is 0 Å². The number of carboxylic acids is 1. The van der Waals surface area contributed by atoms with Crippen molar-refractivity contribution in [2.24, 2.45) is 0 Å². The number of fused-ring (bicyclic) bond motifs is 1. The summed E-state index contributed by atoms with van der Waals surface area (Å²) in [5.74, 6) is -1.15. The lowest BCUT2D eigenvalue weighted by molar-refractivity contribution is 0.0698. The van der Waals surface area contributed by atoms with Gasteiger partial charge >= 0.3 is 5.97 Å². The highest BCUT2D eigenvalue weighted by Crippen LogP contribution is 2.33. The van der Waals surface area contributed by atoms with Crippen LogP contribution in [0.15, 0.2) is 91.0 Å². The standard InChI is InChI=1S/C24H17NO3/c26-23(17-9-2-1-3-10-17)20-15-14-16-8-4-5-11-18(16)22(20)25-21-13-7-6-12-19(21)24(27)28/h1-15,25H,(H,27,28). The fourth-order valence-corrected chi connectivity index (χ4v) is 3.25. The number of ketones is 1. The van der Waals surface area contributed by atoms with Crippen LogP contribution in [0.4, 0.5) is 11.4 Å². The molecule has 0 bridgehead atoms. The summed E-state index contributed by atoms with van der Waals surface area (Å²) in [5.41, 5.74) is 2.25. The molecule has 0 aliphatic heterocycles. The number of aromatic carboxylic acids is 1. The Balaban J connectivity index is 1.91. The van der Waals surface area contributed by atoms with E-state index < -0.39 is 5.97 Å². The van der Waals surface area contributed by atoms with Crippen LogP contribution >= 0.6 is 0 Å². The maximum atomic E-state index is 13.2. The van der Waals surface area contributed by atoms with E-state index in [4.69, 9.17) is 0 Å². The molecule has 0 aliphatic carbocycles. The number of benzene rings is 4. The highest BCUT2D eigenvalue weighted by atomic mass is 16.4. The van der Waals surface area contributed by atoms with Crippen LogP contribution in [0.25, 0.3) is 10.8 Å². The topological polar surface area (TPSA) is 66.4 Å². The van der Waals surface area contributed by atoms with Gasteiger partial charge in [-0.1, -0.05) is 72.8 Å². The third-order valence-corrected chi connectivity index (χ3v) is 4.63. The Hall–Kier alpha value is -3.92. The normalized spacial score (nSPS) is 10.6. The van der Waals surface area contributed by atoms with Crippen LogP contribution in [0.5, 0.6) is 0 Å². The number of carboxylic acid groups (broad SMARTS) is 1. The Morgan fingerprint density at radius 2 is 1.36 bits per heavy atom. The number of carbonyl (C=O) groups is 2. The van der Waals surface area contributed by atoms with E-state index in [0.717, 1.165) is 10.8 Å². The second-order valence-corrected chi connectivity index (χ2v) is 6.38. The molecule has 4 aromatic rings. The van der Waals surface area contributed by atoms with Crippen molar-refractivity contribution in [1.82, 2.24) is 0 Å². The molecular weight excluding hydrogens is 350 g/mol. The van der Waals surface area contributed by atoms with Crippen LogP contribution in [-0.4, -0.2) is 16.9 Å². The summed E-state index contributed by atoms with van der Waals surface area (Å²) in [7, 11) is 0. The van der Waals surface area contributed by atoms with E-state index in [0.29, 0.717) is 22.5 Å². The van der Waals surface area contributed by atoms with E-state index in [-0.39, 0.29) is 11.3 Å². The Bertz CT molecular complexity index is 1180. The summed E-state index contributed by atoms with van der Waals surface area (Å²) in [6.07, 6.45) is 0. The minimum absolute atomic E-state index is 0.123. The van der Waals surface area contributed by atoms with Crippen LogP contribution in [-0.2, 0) is 0 Å². The van der Waals surface area contributed by atoms with Gasteiger partial charge in [0.05, 0.1) is 16.9 Å². The molecule has 4 nitrogen and oxygen atoms in total. The van der Waals surface area contributed by atoms with Crippen LogP contribution < -0.4 is 5.32 Å². The lowest BCUT2D eigenvalue weighted by atomic mass is 9.97. The molecule has 4 aromatic carbocycles. The largest absolute Gasteiger partial charge is 0.478 e. The van der Waals surface area contributed by atoms with Crippen molar-refractivity contribution >= 4 is 33.9 Å². The Labute approximate surface area is 162 Å². The van der Waals surface area contributed by atoms with Crippen molar-refractivity contribution in [3.63, 3.8) is 0 Å². The summed E-state index contributed by atoms with van der Waals surface area (Å²) < 4.78 is 0. The van der Waals surface area contributed by atoms with Crippen LogP contribution in [0.2, 0.25) is 0 Å². The fourth-order valence-electron chi connectivity index (χ4n) is 3.25. The molecule has 0 saturated heterocycles. The fraction of sp³-hybridized carbons (Fsp3) is 0. The zero-order valence-electron chi connectivity index (χ0n) is 14.9. The van der Waals surface area contributed by atoms with Gasteiger partial charge in [-0.05, 0) is 23.6 Å². The highest BCUT2D eigenvalue weighted by molar-refractivity contribution is 6.17. The molecule has 0 heterocycles. The number of hydrogen-bond acceptors (Lipinski definition) is 3. The Morgan fingerprint density at radius 1 is 0.679 bits per heavy atom. The van der Waals surface area contributed by atoms with Crippen molar-refractivity contribution in [3.05, 3.63) is 108 Å². The van der Waals surface area contributed by atoms with Gasteiger partial charge in [-0.3, -0.25) is 4.79 Å². The molecule has 0 radical (unpaired) electrons. The summed E-state index contributed by atoms with van der Waals surface area (Å²) in [5, 5.41) is 14.5. The summed E-state index contributed by atoms with van der Waals surface area (Å²) >= 11 is 0. The molecule has 0 saturated carbocycles. The molecule has 0 atom stereocenters. The van der Waals surface area contributed by atoms with Crippen molar-refractivity contribution in [2.45, 2.75) is 0 Å². The first-order valence-electron chi connectivity index (χ1n) is 8.86. The van der Waals surface area contributed by atoms with Gasteiger partial charge in [-0.15, -0.1) is 0 Å². The Morgan fingerprint density at radius 3 is 2.14 bits per heavy atom. The Kier molecular flexibility index (Phi) is 4.60. The van der Waals surface area contributed by atoms with Gasteiger partial charge in [-0.2, -0.15) is 0 Å². The monoisotopic (exact) mass is 367 g/mol. The first-order chi connectivity index (χ1) is 13.6. The molecule has 0 amide bonds. The summed E-state index contributed by atoms with van der Waals surface area (Å²) in [6, 6.07) is 27.1. The van der Waals surface area contributed by atoms with Crippen LogP contribution in [0, 0.1) is 0 Å². The smallest absolute Gasteiger partial charge is 0.337 e. The second-order valence-electron chi connectivity index (χ2n) is 6.38. The number of para-hydroxylation sites is 1. The molecule has 4 rings (SSSR count). The van der Waals surface area contributed by atoms with Gasteiger partial charge in [0, 0.05) is 16.5 Å². The number of hydrogen-bond donors (Lipinski definition) is 2. The van der Waals surface area contributed by atoms with Crippen LogP contribution in [0.3, 0.4) is 0 Å². The summed E-state index contributed by atoms with van der Waals surface area (Å²) in [6.45, 7) is 0. The van der Waals surface area contributed by atoms with Gasteiger partial charge in [0.15, 0.2) is 5.78 Å². The van der Waals surface area contributed by atoms with Gasteiger partial charge in [0.2, 0.25) is 0 Å². The van der Waals surface area contributed by atoms with E-state index in [9.17, 15) is 14.7 Å². The molecule has 0 spiro atoms. The summed E-state index contributed by atoms with van der Waals surface area (Å²) in [4.78, 5) is 24.8. The quantitative estimate of drug-likeness (QED) is 0.456. The highest BCUT2D eigenvalue weighted by Gasteiger charge is 2.18. The second kappa shape index (κ2) is 7.37. The number of rotatable bonds is 5. The van der Waals surface area contributed by atoms with E-state index >= 15 is 0 Å². The molecule has 28 heavy (non-hydrogen) atoms. The van der Waals surface area contributed by atoms with Gasteiger partial charge in [0.25, 0.3) is 0 Å². The lowest BCUT2D eigenvalue weighted by Crippen LogP contribution is -2.08. The van der Waals surface area contributed by atoms with Gasteiger partial charge in [0.1, 0.15) is 0 Å². The van der Waals surface area contributed by atoms with Crippen molar-refractivity contribution in [1.29, 1.82) is 0 Å². The zero-order chi connectivity index (χ0) is 19.5. The maximum absolute atomic E-state index is 13.2. The molecule has 0 unspecified atom stereocenters. The first-order valence-corrected chi connectivity index (χ1v) is 8.86. The molecular formula is C24H17NO3. The van der Waals surface area contributed by atoms with Gasteiger partial charge in [-0.25, -0.2) is 4.79 Å². The zero-order valence-corrected chi connectivity index (χ0v) is 14.9. The van der Waals surface area contributed by atoms with Crippen LogP contribution in [0.1, 0.15) is 26.3 Å². The minimum atomic E-state index is -1.03. The third kappa shape index (κ3) is 3.23. The van der Waals surface area contributed by atoms with Crippen molar-refractivity contribution < 1.29 is 14.7 Å². The SMILES string of the molecule is O=C(O)c1ccccc1Nc1c(C(=O)c2ccccc2)ccc2ccccc12. The molecule has 2 N–H and O–H groups in total. The molecule has 4 heteroatoms. The van der Waals surface area contributed by atoms with E-state index in [1.54, 1.807) is 36.4 Å². The predicted octanol–water partition coefficient (Wildman–Crippen LogP) is 5.51. The number of carbonyl (C=O) groups excluding carboxylic acids is 1.